The predicted octanol–water partition coefficient (Wildman–Crippen LogP) is 4.14. The van der Waals surface area contributed by atoms with Crippen LogP contribution in [0.25, 0.3) is 0 Å². The number of benzene rings is 2. The third-order valence-electron chi connectivity index (χ3n) is 3.01. The fraction of sp³-hybridized carbons (Fsp3) is 0.200. The summed E-state index contributed by atoms with van der Waals surface area (Å²) in [4.78, 5) is 0. The molecular formula is C15H14BrF2N. The van der Waals surface area contributed by atoms with Gasteiger partial charge in [-0.2, -0.15) is 0 Å². The first-order valence-corrected chi connectivity index (χ1v) is 6.66. The third-order valence-corrected chi connectivity index (χ3v) is 3.54. The van der Waals surface area contributed by atoms with Gasteiger partial charge in [-0.15, -0.1) is 0 Å². The SMILES string of the molecule is CC(N)(Cc1ccc(Br)cc1)c1cc(F)cc(F)c1. The van der Waals surface area contributed by atoms with E-state index in [0.29, 0.717) is 12.0 Å². The van der Waals surface area contributed by atoms with Crippen molar-refractivity contribution >= 4 is 15.9 Å². The summed E-state index contributed by atoms with van der Waals surface area (Å²) >= 11 is 3.36. The Morgan fingerprint density at radius 1 is 1.05 bits per heavy atom. The van der Waals surface area contributed by atoms with Crippen LogP contribution in [0.1, 0.15) is 18.1 Å². The molecule has 2 N–H and O–H groups in total. The molecule has 4 heteroatoms. The van der Waals surface area contributed by atoms with E-state index in [0.717, 1.165) is 16.1 Å². The second kappa shape index (κ2) is 5.39. The standard InChI is InChI=1S/C15H14BrF2N/c1-15(19,9-10-2-4-12(16)5-3-10)11-6-13(17)8-14(18)7-11/h2-8H,9,19H2,1H3. The van der Waals surface area contributed by atoms with Gasteiger partial charge in [0.25, 0.3) is 0 Å². The molecule has 1 atom stereocenters. The average molecular weight is 326 g/mol. The van der Waals surface area contributed by atoms with Crippen LogP contribution in [-0.4, -0.2) is 0 Å². The molecule has 2 rings (SSSR count). The van der Waals surface area contributed by atoms with E-state index in [1.807, 2.05) is 24.3 Å². The highest BCUT2D eigenvalue weighted by Gasteiger charge is 2.23. The zero-order valence-corrected chi connectivity index (χ0v) is 12.0. The van der Waals surface area contributed by atoms with Crippen LogP contribution >= 0.6 is 15.9 Å². The first kappa shape index (κ1) is 14.2. The lowest BCUT2D eigenvalue weighted by Gasteiger charge is -2.25. The van der Waals surface area contributed by atoms with Crippen LogP contribution in [0, 0.1) is 11.6 Å². The first-order chi connectivity index (χ1) is 8.87. The second-order valence-corrected chi connectivity index (χ2v) is 5.79. The molecule has 0 bridgehead atoms. The first-order valence-electron chi connectivity index (χ1n) is 5.87. The van der Waals surface area contributed by atoms with Crippen molar-refractivity contribution in [3.05, 3.63) is 69.7 Å². The van der Waals surface area contributed by atoms with Gasteiger partial charge in [-0.3, -0.25) is 0 Å². The summed E-state index contributed by atoms with van der Waals surface area (Å²) in [5.74, 6) is -1.22. The number of hydrogen-bond donors (Lipinski definition) is 1. The highest BCUT2D eigenvalue weighted by Crippen LogP contribution is 2.25. The van der Waals surface area contributed by atoms with Gasteiger partial charge in [0, 0.05) is 16.1 Å². The molecule has 0 saturated heterocycles. The fourth-order valence-electron chi connectivity index (χ4n) is 2.01. The quantitative estimate of drug-likeness (QED) is 0.901. The molecule has 0 amide bonds. The molecule has 0 aliphatic heterocycles. The fourth-order valence-corrected chi connectivity index (χ4v) is 2.28. The summed E-state index contributed by atoms with van der Waals surface area (Å²) in [6.45, 7) is 1.77. The minimum absolute atomic E-state index is 0.452. The number of halogens is 3. The van der Waals surface area contributed by atoms with Gasteiger partial charge in [-0.25, -0.2) is 8.78 Å². The molecule has 0 spiro atoms. The molecule has 0 aliphatic carbocycles. The molecule has 2 aromatic carbocycles. The largest absolute Gasteiger partial charge is 0.321 e. The Hall–Kier alpha value is -1.26. The summed E-state index contributed by atoms with van der Waals surface area (Å²) in [6, 6.07) is 11.1. The third kappa shape index (κ3) is 3.61. The molecule has 1 unspecified atom stereocenters. The van der Waals surface area contributed by atoms with Gasteiger partial charge >= 0.3 is 0 Å². The van der Waals surface area contributed by atoms with Crippen LogP contribution in [0.2, 0.25) is 0 Å². The van der Waals surface area contributed by atoms with Crippen molar-refractivity contribution < 1.29 is 8.78 Å². The van der Waals surface area contributed by atoms with E-state index in [9.17, 15) is 8.78 Å². The zero-order valence-electron chi connectivity index (χ0n) is 10.5. The van der Waals surface area contributed by atoms with Crippen molar-refractivity contribution in [2.24, 2.45) is 5.73 Å². The summed E-state index contributed by atoms with van der Waals surface area (Å²) in [7, 11) is 0. The van der Waals surface area contributed by atoms with Crippen LogP contribution in [0.4, 0.5) is 8.78 Å². The van der Waals surface area contributed by atoms with E-state index < -0.39 is 17.2 Å². The van der Waals surface area contributed by atoms with Crippen LogP contribution in [0.5, 0.6) is 0 Å². The smallest absolute Gasteiger partial charge is 0.126 e. The Balaban J connectivity index is 2.28. The van der Waals surface area contributed by atoms with Gasteiger partial charge in [0.1, 0.15) is 11.6 Å². The monoisotopic (exact) mass is 325 g/mol. The van der Waals surface area contributed by atoms with Gasteiger partial charge in [0.15, 0.2) is 0 Å². The molecule has 0 aromatic heterocycles. The molecule has 2 aromatic rings. The Morgan fingerprint density at radius 2 is 1.58 bits per heavy atom. The topological polar surface area (TPSA) is 26.0 Å². The van der Waals surface area contributed by atoms with Crippen LogP contribution in [-0.2, 0) is 12.0 Å². The van der Waals surface area contributed by atoms with Crippen LogP contribution in [0.15, 0.2) is 46.9 Å². The second-order valence-electron chi connectivity index (χ2n) is 4.88. The predicted molar refractivity (Wildman–Crippen MR) is 75.7 cm³/mol. The molecule has 100 valence electrons. The van der Waals surface area contributed by atoms with Crippen LogP contribution in [0.3, 0.4) is 0 Å². The van der Waals surface area contributed by atoms with E-state index in [2.05, 4.69) is 15.9 Å². The molecule has 0 heterocycles. The van der Waals surface area contributed by atoms with Gasteiger partial charge in [-0.05, 0) is 48.7 Å². The van der Waals surface area contributed by atoms with Crippen molar-refractivity contribution in [1.29, 1.82) is 0 Å². The maximum atomic E-state index is 13.2. The van der Waals surface area contributed by atoms with Gasteiger partial charge in [0.2, 0.25) is 0 Å². The van der Waals surface area contributed by atoms with Gasteiger partial charge in [0.05, 0.1) is 0 Å². The van der Waals surface area contributed by atoms with Crippen molar-refractivity contribution in [1.82, 2.24) is 0 Å². The van der Waals surface area contributed by atoms with E-state index in [1.165, 1.54) is 12.1 Å². The number of hydrogen-bond acceptors (Lipinski definition) is 1. The van der Waals surface area contributed by atoms with E-state index in [-0.39, 0.29) is 0 Å². The molecule has 0 aliphatic rings. The summed E-state index contributed by atoms with van der Waals surface area (Å²) in [5, 5.41) is 0. The molecule has 0 radical (unpaired) electrons. The van der Waals surface area contributed by atoms with Crippen LogP contribution < -0.4 is 5.73 Å². The van der Waals surface area contributed by atoms with E-state index in [1.54, 1.807) is 6.92 Å². The van der Waals surface area contributed by atoms with Crippen molar-refractivity contribution in [2.45, 2.75) is 18.9 Å². The minimum atomic E-state index is -0.823. The lowest BCUT2D eigenvalue weighted by Crippen LogP contribution is -2.35. The highest BCUT2D eigenvalue weighted by atomic mass is 79.9. The lowest BCUT2D eigenvalue weighted by molar-refractivity contribution is 0.478. The molecular weight excluding hydrogens is 312 g/mol. The average Bonchev–Trinajstić information content (AvgIpc) is 2.31. The van der Waals surface area contributed by atoms with Crippen molar-refractivity contribution in [2.75, 3.05) is 0 Å². The Bertz CT molecular complexity index is 559. The Kier molecular flexibility index (Phi) is 4.02. The lowest BCUT2D eigenvalue weighted by atomic mass is 9.86. The van der Waals surface area contributed by atoms with Crippen molar-refractivity contribution in [3.63, 3.8) is 0 Å². The highest BCUT2D eigenvalue weighted by molar-refractivity contribution is 9.10. The molecule has 0 saturated carbocycles. The minimum Gasteiger partial charge on any atom is -0.321 e. The van der Waals surface area contributed by atoms with Gasteiger partial charge in [-0.1, -0.05) is 28.1 Å². The molecule has 1 nitrogen and oxygen atoms in total. The van der Waals surface area contributed by atoms with E-state index in [4.69, 9.17) is 5.73 Å². The zero-order chi connectivity index (χ0) is 14.0. The van der Waals surface area contributed by atoms with E-state index >= 15 is 0 Å². The maximum Gasteiger partial charge on any atom is 0.126 e. The number of nitrogens with two attached hydrogens (primary N) is 1. The number of rotatable bonds is 3. The molecule has 0 fully saturated rings. The summed E-state index contributed by atoms with van der Waals surface area (Å²) in [5.41, 5.74) is 6.84. The maximum absolute atomic E-state index is 13.2. The summed E-state index contributed by atoms with van der Waals surface area (Å²) < 4.78 is 27.5. The molecule has 19 heavy (non-hydrogen) atoms. The van der Waals surface area contributed by atoms with Gasteiger partial charge < -0.3 is 5.73 Å². The summed E-state index contributed by atoms with van der Waals surface area (Å²) in [6.07, 6.45) is 0.503. The van der Waals surface area contributed by atoms with Crippen molar-refractivity contribution in [3.8, 4) is 0 Å². The Labute approximate surface area is 119 Å². The normalized spacial score (nSPS) is 14.2. The Morgan fingerprint density at radius 3 is 2.11 bits per heavy atom.